The Morgan fingerprint density at radius 3 is 2.30 bits per heavy atom. The molecule has 2 bridgehead atoms. The summed E-state index contributed by atoms with van der Waals surface area (Å²) >= 11 is 0. The highest BCUT2D eigenvalue weighted by Gasteiger charge is 2.54. The van der Waals surface area contributed by atoms with Crippen LogP contribution >= 0.6 is 15.6 Å². The van der Waals surface area contributed by atoms with Crippen molar-refractivity contribution in [3.63, 3.8) is 0 Å². The van der Waals surface area contributed by atoms with Crippen LogP contribution in [0.1, 0.15) is 19.4 Å². The molecule has 0 amide bonds. The number of fused-ring (bicyclic) bond motifs is 5. The Balaban J connectivity index is 1.23. The summed E-state index contributed by atoms with van der Waals surface area (Å²) in [5, 5.41) is 11.2. The van der Waals surface area contributed by atoms with Crippen molar-refractivity contribution < 1.29 is 56.3 Å². The maximum atomic E-state index is 13.4. The van der Waals surface area contributed by atoms with Gasteiger partial charge in [0.1, 0.15) is 48.5 Å². The molecule has 7 heterocycles. The van der Waals surface area contributed by atoms with Gasteiger partial charge in [0.25, 0.3) is 5.56 Å². The molecule has 3 fully saturated rings. The molecule has 8 N–H and O–H groups in total. The van der Waals surface area contributed by atoms with Crippen molar-refractivity contribution in [3.8, 4) is 0 Å². The zero-order chi connectivity index (χ0) is 33.2. The lowest BCUT2D eigenvalue weighted by atomic mass is 10.1. The number of nitrogens with two attached hydrogens (primary N) is 2. The van der Waals surface area contributed by atoms with E-state index < -0.39 is 83.5 Å². The topological polar surface area (TPSA) is 319 Å². The Labute approximate surface area is 261 Å². The summed E-state index contributed by atoms with van der Waals surface area (Å²) in [7, 11) is -10.1. The predicted molar refractivity (Wildman–Crippen MR) is 153 cm³/mol. The second kappa shape index (κ2) is 11.9. The van der Waals surface area contributed by atoms with Crippen molar-refractivity contribution in [2.24, 2.45) is 0 Å². The number of H-pyrrole nitrogens is 1. The molecule has 3 aliphatic heterocycles. The third-order valence-electron chi connectivity index (χ3n) is 7.65. The molecular weight excluding hydrogens is 674 g/mol. The number of phosphoric ester groups is 2. The Kier molecular flexibility index (Phi) is 8.14. The van der Waals surface area contributed by atoms with Crippen LogP contribution in [0.4, 0.5) is 11.8 Å². The molecule has 0 saturated carbocycles. The Bertz CT molecular complexity index is 1970. The van der Waals surface area contributed by atoms with E-state index in [9.17, 15) is 28.8 Å². The molecule has 25 heteroatoms. The Morgan fingerprint density at radius 2 is 1.57 bits per heavy atom. The van der Waals surface area contributed by atoms with E-state index in [1.807, 2.05) is 0 Å². The first kappa shape index (κ1) is 32.1. The first-order valence-electron chi connectivity index (χ1n) is 13.9. The van der Waals surface area contributed by atoms with Gasteiger partial charge in [-0.3, -0.25) is 37.0 Å². The van der Waals surface area contributed by atoms with Crippen LogP contribution in [0.15, 0.2) is 23.8 Å². The van der Waals surface area contributed by atoms with Gasteiger partial charge in [0.15, 0.2) is 35.1 Å². The average Bonchev–Trinajstić information content (AvgIpc) is 3.76. The molecule has 4 aromatic heterocycles. The van der Waals surface area contributed by atoms with Crippen molar-refractivity contribution >= 4 is 49.7 Å². The highest BCUT2D eigenvalue weighted by atomic mass is 31.2. The van der Waals surface area contributed by atoms with Gasteiger partial charge < -0.3 is 40.6 Å². The van der Waals surface area contributed by atoms with Crippen LogP contribution in [0.5, 0.6) is 0 Å². The molecule has 0 radical (unpaired) electrons. The van der Waals surface area contributed by atoms with Crippen LogP contribution in [0.3, 0.4) is 0 Å². The second-order valence-electron chi connectivity index (χ2n) is 10.6. The molecular formula is C22H28N10O13P2. The standard InChI is InChI=1S/C22H28N10O13P2/c1-2-39-14-9-4-41-46(35,36)44-13-8(42-20(12(13)33)31-6-27-10-16(23)25-5-26-17(10)31)3-40-47(37,38)45-15(14)21(43-9)32-7-28-11-18(32)29-22(24)30-19(11)34/h5-9,12-15,20-21,33H,2-4H2,1H3,(H,35,36)(H,37,38)(H2,23,25,26)(H3,24,29,30,34)/t8-,9-,12?,13?,14?,15?,20-,21-/m1/s1. The first-order valence-corrected chi connectivity index (χ1v) is 16.9. The molecule has 47 heavy (non-hydrogen) atoms. The number of aromatic nitrogens is 8. The van der Waals surface area contributed by atoms with Crippen LogP contribution < -0.4 is 17.0 Å². The monoisotopic (exact) mass is 702 g/mol. The number of nitrogens with zero attached hydrogens (tertiary/aromatic N) is 7. The van der Waals surface area contributed by atoms with Crippen molar-refractivity contribution in [3.05, 3.63) is 29.3 Å². The molecule has 3 aliphatic rings. The van der Waals surface area contributed by atoms with E-state index in [4.69, 9.17) is 43.8 Å². The summed E-state index contributed by atoms with van der Waals surface area (Å²) < 4.78 is 68.5. The molecule has 4 aromatic rings. The molecule has 254 valence electrons. The van der Waals surface area contributed by atoms with Crippen LogP contribution in [-0.4, -0.2) is 110 Å². The number of aliphatic hydroxyl groups is 1. The SMILES string of the molecule is CCOC1C2OP(=O)(O)OC[C@H]3O[C@@H](n4cnc5c(N)ncnc54)C(O)C3OP(=O)(O)OC[C@H]1O[C@H]2n1cnc2c(=O)[nH]c(N)nc21. The number of nitrogens with one attached hydrogen (secondary N) is 1. The zero-order valence-electron chi connectivity index (χ0n) is 24.1. The van der Waals surface area contributed by atoms with E-state index in [-0.39, 0.29) is 40.7 Å². The molecule has 0 spiro atoms. The van der Waals surface area contributed by atoms with Gasteiger partial charge in [-0.05, 0) is 6.92 Å². The van der Waals surface area contributed by atoms with Crippen molar-refractivity contribution in [2.75, 3.05) is 31.3 Å². The van der Waals surface area contributed by atoms with Gasteiger partial charge in [0.05, 0.1) is 25.9 Å². The normalized spacial score (nSPS) is 36.6. The second-order valence-corrected chi connectivity index (χ2v) is 13.4. The minimum Gasteiger partial charge on any atom is -0.386 e. The van der Waals surface area contributed by atoms with Crippen molar-refractivity contribution in [1.29, 1.82) is 0 Å². The number of ether oxygens (including phenoxy) is 3. The van der Waals surface area contributed by atoms with Crippen LogP contribution in [-0.2, 0) is 41.4 Å². The Hall–Kier alpha value is -3.44. The minimum atomic E-state index is -5.06. The number of aromatic amines is 1. The highest BCUT2D eigenvalue weighted by Crippen LogP contribution is 2.54. The van der Waals surface area contributed by atoms with Crippen LogP contribution in [0, 0.1) is 0 Å². The average molecular weight is 702 g/mol. The van der Waals surface area contributed by atoms with Gasteiger partial charge >= 0.3 is 15.6 Å². The number of anilines is 2. The molecule has 3 saturated heterocycles. The predicted octanol–water partition coefficient (Wildman–Crippen LogP) is -1.30. The van der Waals surface area contributed by atoms with E-state index in [0.29, 0.717) is 0 Å². The van der Waals surface area contributed by atoms with Crippen LogP contribution in [0.25, 0.3) is 22.3 Å². The number of aliphatic hydroxyl groups excluding tert-OH is 1. The highest BCUT2D eigenvalue weighted by molar-refractivity contribution is 7.47. The van der Waals surface area contributed by atoms with E-state index >= 15 is 0 Å². The van der Waals surface area contributed by atoms with Gasteiger partial charge in [0, 0.05) is 6.61 Å². The van der Waals surface area contributed by atoms with Crippen molar-refractivity contribution in [1.82, 2.24) is 39.0 Å². The summed E-state index contributed by atoms with van der Waals surface area (Å²) in [6.07, 6.45) is -7.82. The molecule has 23 nitrogen and oxygen atoms in total. The largest absolute Gasteiger partial charge is 0.472 e. The number of nitrogen functional groups attached to an aromatic ring is 2. The quantitative estimate of drug-likeness (QED) is 0.135. The van der Waals surface area contributed by atoms with Gasteiger partial charge in [-0.2, -0.15) is 4.98 Å². The fourth-order valence-electron chi connectivity index (χ4n) is 5.68. The van der Waals surface area contributed by atoms with E-state index in [1.165, 1.54) is 21.8 Å². The van der Waals surface area contributed by atoms with Gasteiger partial charge in [-0.15, -0.1) is 0 Å². The number of hydrogen-bond donors (Lipinski definition) is 6. The van der Waals surface area contributed by atoms with E-state index in [0.717, 1.165) is 6.33 Å². The third-order valence-corrected chi connectivity index (χ3v) is 9.62. The van der Waals surface area contributed by atoms with E-state index in [1.54, 1.807) is 6.92 Å². The lowest BCUT2D eigenvalue weighted by Gasteiger charge is -2.26. The Morgan fingerprint density at radius 1 is 0.936 bits per heavy atom. The zero-order valence-corrected chi connectivity index (χ0v) is 25.9. The summed E-state index contributed by atoms with van der Waals surface area (Å²) in [6, 6.07) is 0. The molecule has 0 aliphatic carbocycles. The number of phosphoric acid groups is 2. The summed E-state index contributed by atoms with van der Waals surface area (Å²) in [6.45, 7) is 0.203. The number of hydrogen-bond acceptors (Lipinski definition) is 18. The molecule has 0 aromatic carbocycles. The van der Waals surface area contributed by atoms with Crippen molar-refractivity contribution in [2.45, 2.75) is 56.0 Å². The van der Waals surface area contributed by atoms with Crippen LogP contribution in [0.2, 0.25) is 0 Å². The summed E-state index contributed by atoms with van der Waals surface area (Å²) in [5.74, 6) is -0.200. The van der Waals surface area contributed by atoms with Gasteiger partial charge in [0.2, 0.25) is 5.95 Å². The maximum Gasteiger partial charge on any atom is 0.472 e. The molecule has 7 rings (SSSR count). The first-order chi connectivity index (χ1) is 22.4. The fraction of sp³-hybridized carbons (Fsp3) is 0.545. The van der Waals surface area contributed by atoms with Gasteiger partial charge in [-0.1, -0.05) is 0 Å². The summed E-state index contributed by atoms with van der Waals surface area (Å²) in [4.78, 5) is 56.6. The van der Waals surface area contributed by atoms with Gasteiger partial charge in [-0.25, -0.2) is 29.1 Å². The lowest BCUT2D eigenvalue weighted by Crippen LogP contribution is -2.38. The fourth-order valence-corrected chi connectivity index (χ4v) is 7.57. The summed E-state index contributed by atoms with van der Waals surface area (Å²) in [5.41, 5.74) is 11.1. The smallest absolute Gasteiger partial charge is 0.386 e. The molecule has 6 unspecified atom stereocenters. The number of imidazole rings is 2. The number of rotatable bonds is 4. The lowest BCUT2D eigenvalue weighted by molar-refractivity contribution is -0.0677. The maximum absolute atomic E-state index is 13.4. The van der Waals surface area contributed by atoms with E-state index in [2.05, 4.69) is 29.9 Å². The molecule has 10 atom stereocenters. The third kappa shape index (κ3) is 5.83. The minimum absolute atomic E-state index is 0.0432.